The van der Waals surface area contributed by atoms with Gasteiger partial charge in [-0.3, -0.25) is 0 Å². The van der Waals surface area contributed by atoms with E-state index in [1.165, 1.54) is 0 Å². The van der Waals surface area contributed by atoms with Gasteiger partial charge in [-0.1, -0.05) is 0 Å². The lowest BCUT2D eigenvalue weighted by atomic mass is 9.97. The summed E-state index contributed by atoms with van der Waals surface area (Å²) in [4.78, 5) is 0.241. The lowest BCUT2D eigenvalue weighted by Gasteiger charge is -2.37. The fraction of sp³-hybridized carbons (Fsp3) is 0.625. The van der Waals surface area contributed by atoms with Crippen LogP contribution in [0.1, 0.15) is 18.4 Å². The molecule has 1 saturated heterocycles. The first kappa shape index (κ1) is 19.5. The number of rotatable bonds is 8. The van der Waals surface area contributed by atoms with E-state index in [4.69, 9.17) is 14.6 Å². The Morgan fingerprint density at radius 3 is 2.62 bits per heavy atom. The van der Waals surface area contributed by atoms with Gasteiger partial charge < -0.3 is 14.6 Å². The number of benzene rings is 1. The summed E-state index contributed by atoms with van der Waals surface area (Å²) in [5.41, 5.74) is 0.0907. The number of thioether (sulfide) groups is 1. The summed E-state index contributed by atoms with van der Waals surface area (Å²) in [6.45, 7) is 2.10. The summed E-state index contributed by atoms with van der Waals surface area (Å²) in [7, 11) is -2.09. The molecule has 1 aliphatic rings. The first-order chi connectivity index (χ1) is 11.4. The molecule has 2 N–H and O–H groups in total. The van der Waals surface area contributed by atoms with Crippen LogP contribution < -0.4 is 9.46 Å². The van der Waals surface area contributed by atoms with Crippen molar-refractivity contribution in [2.75, 3.05) is 38.4 Å². The normalized spacial score (nSPS) is 17.6. The molecule has 0 saturated carbocycles. The van der Waals surface area contributed by atoms with Gasteiger partial charge in [-0.2, -0.15) is 11.8 Å². The van der Waals surface area contributed by atoms with Gasteiger partial charge in [0.25, 0.3) is 0 Å². The van der Waals surface area contributed by atoms with Crippen molar-refractivity contribution in [1.29, 1.82) is 0 Å². The third kappa shape index (κ3) is 4.86. The van der Waals surface area contributed by atoms with Gasteiger partial charge >= 0.3 is 0 Å². The van der Waals surface area contributed by atoms with Crippen LogP contribution in [0.4, 0.5) is 0 Å². The average Bonchev–Trinajstić information content (AvgIpc) is 2.59. The number of hydrogen-bond donors (Lipinski definition) is 2. The molecule has 0 unspecified atom stereocenters. The molecule has 136 valence electrons. The van der Waals surface area contributed by atoms with Crippen LogP contribution in [0.2, 0.25) is 0 Å². The Bertz CT molecular complexity index is 642. The van der Waals surface area contributed by atoms with Crippen molar-refractivity contribution in [3.63, 3.8) is 0 Å². The fourth-order valence-corrected chi connectivity index (χ4v) is 5.31. The van der Waals surface area contributed by atoms with E-state index in [0.717, 1.165) is 24.3 Å². The Hall–Kier alpha value is -0.800. The summed E-state index contributed by atoms with van der Waals surface area (Å²) < 4.78 is 38.9. The third-order valence-corrected chi connectivity index (χ3v) is 6.71. The first-order valence-corrected chi connectivity index (χ1v) is 10.5. The van der Waals surface area contributed by atoms with Crippen molar-refractivity contribution < 1.29 is 23.0 Å². The molecule has 1 aromatic rings. The lowest BCUT2D eigenvalue weighted by molar-refractivity contribution is -0.0591. The topological polar surface area (TPSA) is 84.9 Å². The van der Waals surface area contributed by atoms with Crippen LogP contribution >= 0.6 is 11.8 Å². The molecule has 1 aromatic carbocycles. The molecular formula is C16H25NO5S2. The Morgan fingerprint density at radius 1 is 1.33 bits per heavy atom. The van der Waals surface area contributed by atoms with Crippen LogP contribution in [0.25, 0.3) is 0 Å². The van der Waals surface area contributed by atoms with Crippen molar-refractivity contribution >= 4 is 21.8 Å². The minimum absolute atomic E-state index is 0.0702. The van der Waals surface area contributed by atoms with E-state index in [2.05, 4.69) is 4.72 Å². The van der Waals surface area contributed by atoms with E-state index in [1.54, 1.807) is 32.2 Å². The number of aliphatic hydroxyl groups is 1. The van der Waals surface area contributed by atoms with E-state index < -0.39 is 15.6 Å². The maximum absolute atomic E-state index is 12.6. The number of aliphatic hydroxyl groups excluding tert-OH is 1. The van der Waals surface area contributed by atoms with E-state index in [9.17, 15) is 8.42 Å². The first-order valence-electron chi connectivity index (χ1n) is 7.89. The van der Waals surface area contributed by atoms with E-state index in [-0.39, 0.29) is 24.7 Å². The smallest absolute Gasteiger partial charge is 0.240 e. The zero-order valence-corrected chi connectivity index (χ0v) is 15.7. The third-order valence-electron chi connectivity index (χ3n) is 4.16. The van der Waals surface area contributed by atoms with Crippen LogP contribution in [-0.4, -0.2) is 57.5 Å². The molecule has 1 heterocycles. The summed E-state index contributed by atoms with van der Waals surface area (Å²) in [5.74, 6) is 2.47. The number of aryl methyl sites for hydroxylation is 1. The largest absolute Gasteiger partial charge is 0.497 e. The lowest BCUT2D eigenvalue weighted by Crippen LogP contribution is -2.48. The summed E-state index contributed by atoms with van der Waals surface area (Å²) in [5, 5.41) is 9.02. The monoisotopic (exact) mass is 375 g/mol. The predicted octanol–water partition coefficient (Wildman–Crippen LogP) is 1.56. The van der Waals surface area contributed by atoms with Crippen molar-refractivity contribution in [3.8, 4) is 5.75 Å². The second-order valence-corrected chi connectivity index (χ2v) is 8.78. The molecule has 0 amide bonds. The molecular weight excluding hydrogens is 350 g/mol. The van der Waals surface area contributed by atoms with Crippen molar-refractivity contribution in [1.82, 2.24) is 4.72 Å². The van der Waals surface area contributed by atoms with Crippen LogP contribution in [-0.2, 0) is 14.8 Å². The second-order valence-electron chi connectivity index (χ2n) is 5.82. The van der Waals surface area contributed by atoms with Crippen molar-refractivity contribution in [2.45, 2.75) is 30.3 Å². The average molecular weight is 376 g/mol. The van der Waals surface area contributed by atoms with Crippen molar-refractivity contribution in [2.24, 2.45) is 0 Å². The second kappa shape index (κ2) is 8.53. The quantitative estimate of drug-likeness (QED) is 0.717. The number of methoxy groups -OCH3 is 1. The van der Waals surface area contributed by atoms with E-state index >= 15 is 0 Å². The minimum atomic E-state index is -3.63. The molecule has 0 aromatic heterocycles. The highest BCUT2D eigenvalue weighted by Gasteiger charge is 2.35. The zero-order chi connectivity index (χ0) is 17.6. The molecule has 1 aliphatic heterocycles. The van der Waals surface area contributed by atoms with Crippen LogP contribution in [0.3, 0.4) is 0 Å². The molecule has 2 rings (SSSR count). The van der Waals surface area contributed by atoms with Crippen LogP contribution in [0.5, 0.6) is 5.75 Å². The molecule has 0 aliphatic carbocycles. The van der Waals surface area contributed by atoms with Gasteiger partial charge in [0, 0.05) is 6.54 Å². The highest BCUT2D eigenvalue weighted by molar-refractivity contribution is 7.99. The van der Waals surface area contributed by atoms with Crippen molar-refractivity contribution in [3.05, 3.63) is 23.8 Å². The molecule has 6 nitrogen and oxygen atoms in total. The highest BCUT2D eigenvalue weighted by atomic mass is 32.2. The molecule has 8 heteroatoms. The molecule has 0 radical (unpaired) electrons. The Kier molecular flexibility index (Phi) is 6.94. The van der Waals surface area contributed by atoms with Gasteiger partial charge in [0.15, 0.2) is 0 Å². The van der Waals surface area contributed by atoms with Gasteiger partial charge in [0.2, 0.25) is 10.0 Å². The van der Waals surface area contributed by atoms with E-state index in [0.29, 0.717) is 11.3 Å². The summed E-state index contributed by atoms with van der Waals surface area (Å²) in [6, 6.07) is 4.88. The molecule has 0 atom stereocenters. The minimum Gasteiger partial charge on any atom is -0.497 e. The van der Waals surface area contributed by atoms with Gasteiger partial charge in [0.05, 0.1) is 30.8 Å². The summed E-state index contributed by atoms with van der Waals surface area (Å²) >= 11 is 1.83. The van der Waals surface area contributed by atoms with Gasteiger partial charge in [-0.15, -0.1) is 0 Å². The Morgan fingerprint density at radius 2 is 2.04 bits per heavy atom. The SMILES string of the molecule is COc1ccc(S(=O)(=O)NCC2(OCCO)CCSCC2)c(C)c1. The molecule has 24 heavy (non-hydrogen) atoms. The van der Waals surface area contributed by atoms with Gasteiger partial charge in [-0.05, 0) is 55.0 Å². The fourth-order valence-electron chi connectivity index (χ4n) is 2.73. The Labute approximate surface area is 148 Å². The number of nitrogens with one attached hydrogen (secondary N) is 1. The maximum Gasteiger partial charge on any atom is 0.240 e. The van der Waals surface area contributed by atoms with Gasteiger partial charge in [0.1, 0.15) is 5.75 Å². The number of sulfonamides is 1. The van der Waals surface area contributed by atoms with Crippen LogP contribution in [0.15, 0.2) is 23.1 Å². The zero-order valence-electron chi connectivity index (χ0n) is 14.1. The standard InChI is InChI=1S/C16H25NO5S2/c1-13-11-14(21-2)3-4-15(13)24(19,20)17-12-16(22-8-7-18)5-9-23-10-6-16/h3-4,11,17-18H,5-10,12H2,1-2H3. The van der Waals surface area contributed by atoms with E-state index in [1.807, 2.05) is 11.8 Å². The number of hydrogen-bond acceptors (Lipinski definition) is 6. The molecule has 1 fully saturated rings. The molecule has 0 bridgehead atoms. The highest BCUT2D eigenvalue weighted by Crippen LogP contribution is 2.30. The number of ether oxygens (including phenoxy) is 2. The predicted molar refractivity (Wildman–Crippen MR) is 95.2 cm³/mol. The van der Waals surface area contributed by atoms with Gasteiger partial charge in [-0.25, -0.2) is 13.1 Å². The molecule has 0 spiro atoms. The van der Waals surface area contributed by atoms with Crippen LogP contribution in [0, 0.1) is 6.92 Å². The maximum atomic E-state index is 12.6. The summed E-state index contributed by atoms with van der Waals surface area (Å²) in [6.07, 6.45) is 1.53. The Balaban J connectivity index is 2.12.